The highest BCUT2D eigenvalue weighted by Crippen LogP contribution is 2.34. The number of hydrogen-bond donors (Lipinski definition) is 2. The average molecular weight is 404 g/mol. The number of nitrogens with one attached hydrogen (secondary N) is 1. The molecule has 0 bridgehead atoms. The molecule has 2 amide bonds. The molecule has 0 unspecified atom stereocenters. The Morgan fingerprint density at radius 1 is 1.03 bits per heavy atom. The van der Waals surface area contributed by atoms with E-state index >= 15 is 0 Å². The molecule has 30 heavy (non-hydrogen) atoms. The van der Waals surface area contributed by atoms with Crippen molar-refractivity contribution >= 4 is 23.2 Å². The van der Waals surface area contributed by atoms with Crippen LogP contribution < -0.4 is 16.0 Å². The maximum absolute atomic E-state index is 12.7. The number of anilines is 2. The molecule has 3 heterocycles. The Kier molecular flexibility index (Phi) is 5.52. The minimum Gasteiger partial charge on any atom is -0.446 e. The fourth-order valence-corrected chi connectivity index (χ4v) is 3.65. The lowest BCUT2D eigenvalue weighted by atomic mass is 9.97. The molecule has 0 atom stereocenters. The minimum atomic E-state index is -0.709. The van der Waals surface area contributed by atoms with Crippen molar-refractivity contribution < 1.29 is 14.0 Å². The molecule has 154 valence electrons. The summed E-state index contributed by atoms with van der Waals surface area (Å²) in [5.41, 5.74) is 8.99. The van der Waals surface area contributed by atoms with Crippen LogP contribution in [0.5, 0.6) is 0 Å². The summed E-state index contributed by atoms with van der Waals surface area (Å²) in [4.78, 5) is 30.3. The van der Waals surface area contributed by atoms with Crippen LogP contribution in [0.25, 0.3) is 11.1 Å². The molecule has 2 aromatic heterocycles. The number of primary amides is 1. The molecule has 4 rings (SSSR count). The van der Waals surface area contributed by atoms with Gasteiger partial charge < -0.3 is 20.4 Å². The third-order valence-electron chi connectivity index (χ3n) is 5.46. The summed E-state index contributed by atoms with van der Waals surface area (Å²) in [5, 5.41) is 2.93. The predicted octanol–water partition coefficient (Wildman–Crippen LogP) is 3.93. The standard InChI is InChI=1S/C23H24N4O3/c1-15-8-12-27(13-9-15)19-14-17(16-6-10-25-11-7-16)2-3-18(19)26-23(29)21-5-4-20(30-21)22(24)28/h2-7,10-11,14-15H,8-9,12-13H2,1H3,(H2,24,28)(H,26,29). The van der Waals surface area contributed by atoms with Crippen LogP contribution >= 0.6 is 0 Å². The van der Waals surface area contributed by atoms with Gasteiger partial charge in [-0.1, -0.05) is 13.0 Å². The second kappa shape index (κ2) is 8.41. The molecule has 0 spiro atoms. The molecule has 1 fully saturated rings. The number of aromatic nitrogens is 1. The van der Waals surface area contributed by atoms with Gasteiger partial charge in [0.05, 0.1) is 11.4 Å². The van der Waals surface area contributed by atoms with Crippen LogP contribution in [0.15, 0.2) is 59.3 Å². The van der Waals surface area contributed by atoms with E-state index < -0.39 is 11.8 Å². The van der Waals surface area contributed by atoms with Crippen molar-refractivity contribution in [2.45, 2.75) is 19.8 Å². The number of rotatable bonds is 5. The quantitative estimate of drug-likeness (QED) is 0.671. The zero-order valence-corrected chi connectivity index (χ0v) is 16.8. The highest BCUT2D eigenvalue weighted by molar-refractivity contribution is 6.05. The van der Waals surface area contributed by atoms with E-state index in [1.54, 1.807) is 12.4 Å². The third-order valence-corrected chi connectivity index (χ3v) is 5.46. The first-order valence-corrected chi connectivity index (χ1v) is 10.0. The van der Waals surface area contributed by atoms with Crippen molar-refractivity contribution in [1.82, 2.24) is 4.98 Å². The molecule has 3 aromatic rings. The Bertz CT molecular complexity index is 1050. The maximum Gasteiger partial charge on any atom is 0.291 e. The smallest absolute Gasteiger partial charge is 0.291 e. The van der Waals surface area contributed by atoms with E-state index in [9.17, 15) is 9.59 Å². The van der Waals surface area contributed by atoms with Crippen LogP contribution in [0, 0.1) is 5.92 Å². The Hall–Kier alpha value is -3.61. The normalized spacial score (nSPS) is 14.5. The summed E-state index contributed by atoms with van der Waals surface area (Å²) < 4.78 is 5.26. The molecule has 0 saturated carbocycles. The summed E-state index contributed by atoms with van der Waals surface area (Å²) in [5.74, 6) is -0.443. The number of nitrogens with two attached hydrogens (primary N) is 1. The van der Waals surface area contributed by atoms with E-state index in [0.717, 1.165) is 42.7 Å². The molecule has 7 nitrogen and oxygen atoms in total. The number of carbonyl (C=O) groups excluding carboxylic acids is 2. The van der Waals surface area contributed by atoms with Crippen LogP contribution in [0.1, 0.15) is 40.9 Å². The van der Waals surface area contributed by atoms with Crippen LogP contribution in [0.3, 0.4) is 0 Å². The molecule has 0 aliphatic carbocycles. The minimum absolute atomic E-state index is 0.0419. The van der Waals surface area contributed by atoms with Gasteiger partial charge in [-0.3, -0.25) is 14.6 Å². The van der Waals surface area contributed by atoms with Crippen LogP contribution in [0.4, 0.5) is 11.4 Å². The largest absolute Gasteiger partial charge is 0.446 e. The average Bonchev–Trinajstić information content (AvgIpc) is 3.26. The molecule has 3 N–H and O–H groups in total. The molecular weight excluding hydrogens is 380 g/mol. The van der Waals surface area contributed by atoms with E-state index in [1.807, 2.05) is 24.3 Å². The monoisotopic (exact) mass is 404 g/mol. The Morgan fingerprint density at radius 3 is 2.40 bits per heavy atom. The second-order valence-corrected chi connectivity index (χ2v) is 7.62. The molecule has 7 heteroatoms. The summed E-state index contributed by atoms with van der Waals surface area (Å²) >= 11 is 0. The third kappa shape index (κ3) is 4.20. The van der Waals surface area contributed by atoms with Gasteiger partial charge in [-0.25, -0.2) is 0 Å². The molecule has 1 saturated heterocycles. The van der Waals surface area contributed by atoms with Crippen LogP contribution in [-0.4, -0.2) is 29.9 Å². The molecule has 1 aliphatic rings. The summed E-state index contributed by atoms with van der Waals surface area (Å²) in [6.07, 6.45) is 5.74. The van der Waals surface area contributed by atoms with Crippen molar-refractivity contribution in [1.29, 1.82) is 0 Å². The van der Waals surface area contributed by atoms with Gasteiger partial charge in [0.1, 0.15) is 0 Å². The SMILES string of the molecule is CC1CCN(c2cc(-c3ccncc3)ccc2NC(=O)c2ccc(C(N)=O)o2)CC1. The van der Waals surface area contributed by atoms with Gasteiger partial charge >= 0.3 is 0 Å². The van der Waals surface area contributed by atoms with Crippen molar-refractivity contribution in [3.05, 3.63) is 66.4 Å². The Morgan fingerprint density at radius 2 is 1.73 bits per heavy atom. The van der Waals surface area contributed by atoms with E-state index in [2.05, 4.69) is 28.2 Å². The van der Waals surface area contributed by atoms with Crippen LogP contribution in [-0.2, 0) is 0 Å². The highest BCUT2D eigenvalue weighted by atomic mass is 16.4. The number of pyridine rings is 1. The molecule has 0 radical (unpaired) electrons. The zero-order valence-electron chi connectivity index (χ0n) is 16.8. The van der Waals surface area contributed by atoms with Gasteiger partial charge in [0.15, 0.2) is 11.5 Å². The van der Waals surface area contributed by atoms with Crippen molar-refractivity contribution in [2.24, 2.45) is 11.7 Å². The fourth-order valence-electron chi connectivity index (χ4n) is 3.65. The van der Waals surface area contributed by atoms with Gasteiger partial charge in [0, 0.05) is 25.5 Å². The van der Waals surface area contributed by atoms with Crippen molar-refractivity contribution in [2.75, 3.05) is 23.3 Å². The number of piperidine rings is 1. The van der Waals surface area contributed by atoms with E-state index in [-0.39, 0.29) is 11.5 Å². The zero-order chi connectivity index (χ0) is 21.1. The number of amides is 2. The first kappa shape index (κ1) is 19.7. The summed E-state index contributed by atoms with van der Waals surface area (Å²) in [7, 11) is 0. The first-order valence-electron chi connectivity index (χ1n) is 10.0. The second-order valence-electron chi connectivity index (χ2n) is 7.62. The Labute approximate surface area is 174 Å². The first-order chi connectivity index (χ1) is 14.5. The van der Waals surface area contributed by atoms with Crippen LogP contribution in [0.2, 0.25) is 0 Å². The highest BCUT2D eigenvalue weighted by Gasteiger charge is 2.21. The van der Waals surface area contributed by atoms with E-state index in [4.69, 9.17) is 10.2 Å². The van der Waals surface area contributed by atoms with Gasteiger partial charge in [0.25, 0.3) is 11.8 Å². The number of hydrogen-bond acceptors (Lipinski definition) is 5. The lowest BCUT2D eigenvalue weighted by Crippen LogP contribution is -2.33. The van der Waals surface area contributed by atoms with Gasteiger partial charge in [0.2, 0.25) is 0 Å². The number of carbonyl (C=O) groups is 2. The number of furan rings is 1. The molecule has 1 aromatic carbocycles. The predicted molar refractivity (Wildman–Crippen MR) is 115 cm³/mol. The Balaban J connectivity index is 1.65. The van der Waals surface area contributed by atoms with Crippen molar-refractivity contribution in [3.8, 4) is 11.1 Å². The van der Waals surface area contributed by atoms with Gasteiger partial charge in [-0.2, -0.15) is 0 Å². The van der Waals surface area contributed by atoms with Crippen molar-refractivity contribution in [3.63, 3.8) is 0 Å². The lowest BCUT2D eigenvalue weighted by Gasteiger charge is -2.33. The summed E-state index contributed by atoms with van der Waals surface area (Å²) in [6, 6.07) is 12.7. The number of nitrogens with zero attached hydrogens (tertiary/aromatic N) is 2. The molecule has 1 aliphatic heterocycles. The van der Waals surface area contributed by atoms with Gasteiger partial charge in [-0.15, -0.1) is 0 Å². The fraction of sp³-hybridized carbons (Fsp3) is 0.261. The maximum atomic E-state index is 12.7. The lowest BCUT2D eigenvalue weighted by molar-refractivity contribution is 0.0960. The summed E-state index contributed by atoms with van der Waals surface area (Å²) in [6.45, 7) is 4.12. The molecular formula is C23H24N4O3. The number of benzene rings is 1. The van der Waals surface area contributed by atoms with Gasteiger partial charge in [-0.05, 0) is 66.3 Å². The topological polar surface area (TPSA) is 101 Å². The van der Waals surface area contributed by atoms with E-state index in [0.29, 0.717) is 11.6 Å². The van der Waals surface area contributed by atoms with E-state index in [1.165, 1.54) is 12.1 Å².